The van der Waals surface area contributed by atoms with Gasteiger partial charge in [-0.05, 0) is 31.5 Å². The number of benzene rings is 2. The molecule has 26 heavy (non-hydrogen) atoms. The summed E-state index contributed by atoms with van der Waals surface area (Å²) in [7, 11) is 0. The molecule has 0 radical (unpaired) electrons. The van der Waals surface area contributed by atoms with E-state index in [-0.39, 0.29) is 11.4 Å². The van der Waals surface area contributed by atoms with E-state index in [1.807, 2.05) is 6.07 Å². The van der Waals surface area contributed by atoms with Gasteiger partial charge >= 0.3 is 5.97 Å². The molecule has 1 amide bonds. The number of nitro benzene ring substituents is 1. The largest absolute Gasteiger partial charge is 0.479 e. The molecule has 0 aliphatic heterocycles. The summed E-state index contributed by atoms with van der Waals surface area (Å²) in [5.41, 5.74) is 0.790. The molecular weight excluding hydrogens is 340 g/mol. The molecule has 2 aromatic carbocycles. The van der Waals surface area contributed by atoms with Gasteiger partial charge in [0.05, 0.1) is 10.6 Å². The summed E-state index contributed by atoms with van der Waals surface area (Å²) in [4.78, 5) is 34.1. The van der Waals surface area contributed by atoms with Gasteiger partial charge in [0.25, 0.3) is 11.6 Å². The van der Waals surface area contributed by atoms with Crippen molar-refractivity contribution in [3.63, 3.8) is 0 Å². The first kappa shape index (κ1) is 18.9. The Morgan fingerprint density at radius 2 is 1.88 bits per heavy atom. The van der Waals surface area contributed by atoms with Gasteiger partial charge in [-0.3, -0.25) is 14.9 Å². The highest BCUT2D eigenvalue weighted by Crippen LogP contribution is 2.21. The van der Waals surface area contributed by atoms with Crippen LogP contribution in [-0.2, 0) is 14.3 Å². The van der Waals surface area contributed by atoms with Crippen molar-refractivity contribution in [1.82, 2.24) is 0 Å². The van der Waals surface area contributed by atoms with Gasteiger partial charge in [0.2, 0.25) is 0 Å². The number of anilines is 1. The van der Waals surface area contributed by atoms with Gasteiger partial charge < -0.3 is 14.8 Å². The lowest BCUT2D eigenvalue weighted by molar-refractivity contribution is -0.384. The summed E-state index contributed by atoms with van der Waals surface area (Å²) >= 11 is 0. The van der Waals surface area contributed by atoms with Gasteiger partial charge in [-0.15, -0.1) is 0 Å². The van der Waals surface area contributed by atoms with Crippen LogP contribution in [0, 0.1) is 17.0 Å². The van der Waals surface area contributed by atoms with Crippen LogP contribution in [0.25, 0.3) is 0 Å². The number of hydrogen-bond acceptors (Lipinski definition) is 6. The van der Waals surface area contributed by atoms with Crippen LogP contribution in [0.3, 0.4) is 0 Å². The molecule has 2 rings (SSSR count). The van der Waals surface area contributed by atoms with Crippen LogP contribution in [0.2, 0.25) is 0 Å². The van der Waals surface area contributed by atoms with E-state index < -0.39 is 29.5 Å². The number of para-hydroxylation sites is 1. The summed E-state index contributed by atoms with van der Waals surface area (Å²) in [6.07, 6.45) is -0.884. The van der Waals surface area contributed by atoms with Crippen molar-refractivity contribution in [2.75, 3.05) is 11.9 Å². The molecule has 2 aromatic rings. The van der Waals surface area contributed by atoms with Gasteiger partial charge in [-0.1, -0.05) is 24.3 Å². The second kappa shape index (κ2) is 8.61. The van der Waals surface area contributed by atoms with Crippen LogP contribution in [0.5, 0.6) is 5.75 Å². The van der Waals surface area contributed by atoms with E-state index >= 15 is 0 Å². The molecule has 0 saturated heterocycles. The summed E-state index contributed by atoms with van der Waals surface area (Å²) in [5.74, 6) is -0.790. The number of nitrogens with one attached hydrogen (secondary N) is 1. The fraction of sp³-hybridized carbons (Fsp3) is 0.222. The number of amides is 1. The number of aryl methyl sites for hydroxylation is 1. The number of nitrogens with zero attached hydrogens (tertiary/aromatic N) is 1. The lowest BCUT2D eigenvalue weighted by Crippen LogP contribution is -2.29. The quantitative estimate of drug-likeness (QED) is 0.463. The lowest BCUT2D eigenvalue weighted by atomic mass is 10.2. The van der Waals surface area contributed by atoms with E-state index in [4.69, 9.17) is 9.47 Å². The van der Waals surface area contributed by atoms with Crippen molar-refractivity contribution in [2.24, 2.45) is 0 Å². The molecule has 1 atom stereocenters. The molecule has 136 valence electrons. The van der Waals surface area contributed by atoms with Crippen molar-refractivity contribution >= 4 is 23.3 Å². The zero-order chi connectivity index (χ0) is 19.1. The number of nitro groups is 1. The molecule has 0 bridgehead atoms. The number of carbonyl (C=O) groups excluding carboxylic acids is 2. The Morgan fingerprint density at radius 1 is 1.19 bits per heavy atom. The molecule has 1 N–H and O–H groups in total. The van der Waals surface area contributed by atoms with Gasteiger partial charge in [0.1, 0.15) is 5.75 Å². The highest BCUT2D eigenvalue weighted by atomic mass is 16.6. The molecule has 0 spiro atoms. The van der Waals surface area contributed by atoms with Crippen molar-refractivity contribution < 1.29 is 24.0 Å². The summed E-state index contributed by atoms with van der Waals surface area (Å²) < 4.78 is 10.3. The number of carbonyl (C=O) groups is 2. The molecule has 0 aliphatic carbocycles. The zero-order valence-corrected chi connectivity index (χ0v) is 14.3. The van der Waals surface area contributed by atoms with Crippen LogP contribution in [0.15, 0.2) is 48.5 Å². The standard InChI is InChI=1S/C18H18N2O6/c1-12-8-9-14(20(23)24)10-16(12)19-17(21)11-25-18(22)13(2)26-15-6-4-3-5-7-15/h3-10,13H,11H2,1-2H3,(H,19,21)/t13-/m1/s1. The average molecular weight is 358 g/mol. The third-order valence-electron chi connectivity index (χ3n) is 3.44. The highest BCUT2D eigenvalue weighted by molar-refractivity contribution is 5.94. The van der Waals surface area contributed by atoms with E-state index in [0.717, 1.165) is 0 Å². The van der Waals surface area contributed by atoms with E-state index in [2.05, 4.69) is 5.32 Å². The van der Waals surface area contributed by atoms with Crippen LogP contribution < -0.4 is 10.1 Å². The number of rotatable bonds is 7. The molecule has 8 heteroatoms. The number of esters is 1. The maximum Gasteiger partial charge on any atom is 0.347 e. The third-order valence-corrected chi connectivity index (χ3v) is 3.44. The Balaban J connectivity index is 1.87. The molecule has 0 aromatic heterocycles. The Bertz CT molecular complexity index is 807. The summed E-state index contributed by atoms with van der Waals surface area (Å²) in [6.45, 7) is 2.68. The van der Waals surface area contributed by atoms with Crippen molar-refractivity contribution in [1.29, 1.82) is 0 Å². The SMILES string of the molecule is Cc1ccc([N+](=O)[O-])cc1NC(=O)COC(=O)[C@@H](C)Oc1ccccc1. The Hall–Kier alpha value is -3.42. The molecule has 0 aliphatic rings. The average Bonchev–Trinajstić information content (AvgIpc) is 2.62. The monoisotopic (exact) mass is 358 g/mol. The second-order valence-electron chi connectivity index (χ2n) is 5.49. The smallest absolute Gasteiger partial charge is 0.347 e. The van der Waals surface area contributed by atoms with Crippen molar-refractivity contribution in [3.8, 4) is 5.75 Å². The minimum Gasteiger partial charge on any atom is -0.479 e. The molecule has 8 nitrogen and oxygen atoms in total. The van der Waals surface area contributed by atoms with Gasteiger partial charge in [-0.25, -0.2) is 4.79 Å². The second-order valence-corrected chi connectivity index (χ2v) is 5.49. The van der Waals surface area contributed by atoms with E-state index in [0.29, 0.717) is 11.3 Å². The highest BCUT2D eigenvalue weighted by Gasteiger charge is 2.18. The van der Waals surface area contributed by atoms with E-state index in [9.17, 15) is 19.7 Å². The van der Waals surface area contributed by atoms with Gasteiger partial charge in [0.15, 0.2) is 12.7 Å². The Kier molecular flexibility index (Phi) is 6.26. The van der Waals surface area contributed by atoms with Crippen LogP contribution >= 0.6 is 0 Å². The van der Waals surface area contributed by atoms with Crippen LogP contribution in [0.1, 0.15) is 12.5 Å². The Morgan fingerprint density at radius 3 is 2.54 bits per heavy atom. The molecular formula is C18H18N2O6. The predicted octanol–water partition coefficient (Wildman–Crippen LogP) is 2.85. The Labute approximate surface area is 149 Å². The molecule has 0 unspecified atom stereocenters. The zero-order valence-electron chi connectivity index (χ0n) is 14.3. The van der Waals surface area contributed by atoms with Crippen molar-refractivity contribution in [2.45, 2.75) is 20.0 Å². The maximum absolute atomic E-state index is 11.9. The molecule has 0 saturated carbocycles. The minimum absolute atomic E-state index is 0.146. The first-order chi connectivity index (χ1) is 12.4. The van der Waals surface area contributed by atoms with Crippen molar-refractivity contribution in [3.05, 3.63) is 64.2 Å². The summed E-state index contributed by atoms with van der Waals surface area (Å²) in [6, 6.07) is 12.9. The first-order valence-corrected chi connectivity index (χ1v) is 7.80. The predicted molar refractivity (Wildman–Crippen MR) is 94.0 cm³/mol. The number of non-ortho nitro benzene ring substituents is 1. The minimum atomic E-state index is -0.884. The molecule has 0 fully saturated rings. The maximum atomic E-state index is 11.9. The van der Waals surface area contributed by atoms with E-state index in [1.54, 1.807) is 31.2 Å². The number of hydrogen-bond donors (Lipinski definition) is 1. The fourth-order valence-corrected chi connectivity index (χ4v) is 2.05. The van der Waals surface area contributed by atoms with Gasteiger partial charge in [-0.2, -0.15) is 0 Å². The van der Waals surface area contributed by atoms with Crippen LogP contribution in [0.4, 0.5) is 11.4 Å². The lowest BCUT2D eigenvalue weighted by Gasteiger charge is -2.14. The van der Waals surface area contributed by atoms with E-state index in [1.165, 1.54) is 25.1 Å². The normalized spacial score (nSPS) is 11.3. The molecule has 0 heterocycles. The topological polar surface area (TPSA) is 108 Å². The third kappa shape index (κ3) is 5.30. The summed E-state index contributed by atoms with van der Waals surface area (Å²) in [5, 5.41) is 13.3. The van der Waals surface area contributed by atoms with Gasteiger partial charge in [0, 0.05) is 12.1 Å². The fourth-order valence-electron chi connectivity index (χ4n) is 2.05. The van der Waals surface area contributed by atoms with Crippen LogP contribution in [-0.4, -0.2) is 29.5 Å². The number of ether oxygens (including phenoxy) is 2. The first-order valence-electron chi connectivity index (χ1n) is 7.80.